The van der Waals surface area contributed by atoms with Crippen LogP contribution in [-0.4, -0.2) is 44.7 Å². The molecule has 0 bridgehead atoms. The third-order valence-electron chi connectivity index (χ3n) is 4.15. The zero-order chi connectivity index (χ0) is 21.7. The predicted octanol–water partition coefficient (Wildman–Crippen LogP) is 4.64. The van der Waals surface area contributed by atoms with E-state index < -0.39 is 5.97 Å². The highest BCUT2D eigenvalue weighted by atomic mass is 79.9. The molecule has 0 radical (unpaired) electrons. The monoisotopic (exact) mass is 491 g/mol. The molecule has 0 saturated carbocycles. The first kappa shape index (κ1) is 21.8. The number of carbonyl (C=O) groups is 2. The Balaban J connectivity index is 1.67. The van der Waals surface area contributed by atoms with Gasteiger partial charge >= 0.3 is 5.97 Å². The van der Waals surface area contributed by atoms with Crippen LogP contribution in [0.5, 0.6) is 17.2 Å². The molecular formula is C21H18BrNO6S. The van der Waals surface area contributed by atoms with E-state index in [9.17, 15) is 9.59 Å². The molecule has 0 N–H and O–H groups in total. The number of nitrogens with zero attached hydrogens (tertiary/aromatic N) is 1. The first-order valence-corrected chi connectivity index (χ1v) is 10.4. The largest absolute Gasteiger partial charge is 0.496 e. The van der Waals surface area contributed by atoms with Crippen molar-refractivity contribution < 1.29 is 28.5 Å². The summed E-state index contributed by atoms with van der Waals surface area (Å²) in [4.78, 5) is 28.9. The lowest BCUT2D eigenvalue weighted by molar-refractivity contribution is 0.0470. The number of thiazole rings is 1. The van der Waals surface area contributed by atoms with Crippen molar-refractivity contribution in [1.29, 1.82) is 0 Å². The molecule has 0 aliphatic carbocycles. The molecule has 0 aliphatic heterocycles. The lowest BCUT2D eigenvalue weighted by atomic mass is 10.1. The Hall–Kier alpha value is -2.91. The van der Waals surface area contributed by atoms with E-state index in [0.717, 1.165) is 5.56 Å². The number of halogens is 1. The number of benzene rings is 2. The van der Waals surface area contributed by atoms with Crippen LogP contribution in [0.3, 0.4) is 0 Å². The van der Waals surface area contributed by atoms with Gasteiger partial charge in [-0.25, -0.2) is 9.78 Å². The van der Waals surface area contributed by atoms with Crippen LogP contribution in [0.25, 0.3) is 10.6 Å². The standard InChI is InChI=1S/C21H18BrNO6S/c1-26-17-6-4-12(8-14(17)22)16(24)10-29-21(25)15-11-30-20(23-15)13-5-7-18(27-2)19(9-13)28-3/h4-9,11H,10H2,1-3H3. The van der Waals surface area contributed by atoms with E-state index in [4.69, 9.17) is 18.9 Å². The van der Waals surface area contributed by atoms with Crippen molar-refractivity contribution in [3.63, 3.8) is 0 Å². The number of ether oxygens (including phenoxy) is 4. The molecule has 0 aliphatic rings. The molecule has 0 amide bonds. The van der Waals surface area contributed by atoms with Crippen LogP contribution in [0.4, 0.5) is 0 Å². The van der Waals surface area contributed by atoms with Gasteiger partial charge in [-0.1, -0.05) is 0 Å². The third-order valence-corrected chi connectivity index (χ3v) is 5.66. The maximum absolute atomic E-state index is 12.3. The van der Waals surface area contributed by atoms with Gasteiger partial charge in [0.2, 0.25) is 0 Å². The van der Waals surface area contributed by atoms with Crippen molar-refractivity contribution in [2.24, 2.45) is 0 Å². The van der Waals surface area contributed by atoms with Crippen molar-refractivity contribution in [2.45, 2.75) is 0 Å². The van der Waals surface area contributed by atoms with Crippen LogP contribution in [0.2, 0.25) is 0 Å². The molecule has 3 aromatic rings. The molecule has 2 aromatic carbocycles. The summed E-state index contributed by atoms with van der Waals surface area (Å²) in [5.74, 6) is 0.765. The Labute approximate surface area is 185 Å². The van der Waals surface area contributed by atoms with Crippen molar-refractivity contribution >= 4 is 39.0 Å². The molecule has 3 rings (SSSR count). The smallest absolute Gasteiger partial charge is 0.358 e. The molecule has 0 atom stereocenters. The minimum absolute atomic E-state index is 0.133. The van der Waals surface area contributed by atoms with Crippen molar-refractivity contribution in [1.82, 2.24) is 4.98 Å². The van der Waals surface area contributed by atoms with E-state index in [-0.39, 0.29) is 18.1 Å². The number of Topliss-reactive ketones (excluding diaryl/α,β-unsaturated/α-hetero) is 1. The molecule has 0 fully saturated rings. The van der Waals surface area contributed by atoms with Crippen molar-refractivity contribution in [2.75, 3.05) is 27.9 Å². The molecule has 0 unspecified atom stereocenters. The first-order valence-electron chi connectivity index (χ1n) is 8.68. The Morgan fingerprint density at radius 1 is 0.967 bits per heavy atom. The lowest BCUT2D eigenvalue weighted by Crippen LogP contribution is -2.14. The molecule has 156 valence electrons. The van der Waals surface area contributed by atoms with Gasteiger partial charge in [0.05, 0.1) is 25.8 Å². The molecule has 1 heterocycles. The van der Waals surface area contributed by atoms with Crippen LogP contribution in [0.15, 0.2) is 46.3 Å². The van der Waals surface area contributed by atoms with E-state index in [1.165, 1.54) is 18.4 Å². The number of hydrogen-bond donors (Lipinski definition) is 0. The zero-order valence-corrected chi connectivity index (χ0v) is 18.8. The van der Waals surface area contributed by atoms with Gasteiger partial charge in [0.25, 0.3) is 0 Å². The Bertz CT molecular complexity index is 1080. The Morgan fingerprint density at radius 2 is 1.67 bits per heavy atom. The molecular weight excluding hydrogens is 474 g/mol. The number of methoxy groups -OCH3 is 3. The molecule has 9 heteroatoms. The van der Waals surface area contributed by atoms with Crippen LogP contribution in [0, 0.1) is 0 Å². The second kappa shape index (κ2) is 9.73. The van der Waals surface area contributed by atoms with Gasteiger partial charge in [-0.2, -0.15) is 0 Å². The van der Waals surface area contributed by atoms with Gasteiger partial charge in [0.15, 0.2) is 29.6 Å². The number of esters is 1. The highest BCUT2D eigenvalue weighted by molar-refractivity contribution is 9.10. The number of rotatable bonds is 8. The Morgan fingerprint density at radius 3 is 2.33 bits per heavy atom. The van der Waals surface area contributed by atoms with E-state index in [2.05, 4.69) is 20.9 Å². The first-order chi connectivity index (χ1) is 14.5. The van der Waals surface area contributed by atoms with Crippen LogP contribution in [-0.2, 0) is 4.74 Å². The van der Waals surface area contributed by atoms with Crippen LogP contribution < -0.4 is 14.2 Å². The fourth-order valence-electron chi connectivity index (χ4n) is 2.60. The molecule has 0 spiro atoms. The highest BCUT2D eigenvalue weighted by Gasteiger charge is 2.17. The molecule has 7 nitrogen and oxygen atoms in total. The average Bonchev–Trinajstić information content (AvgIpc) is 3.27. The van der Waals surface area contributed by atoms with Crippen LogP contribution in [0.1, 0.15) is 20.8 Å². The number of hydrogen-bond acceptors (Lipinski definition) is 8. The van der Waals surface area contributed by atoms with Crippen LogP contribution >= 0.6 is 27.3 Å². The minimum atomic E-state index is -0.668. The van der Waals surface area contributed by atoms with Gasteiger partial charge in [0.1, 0.15) is 10.8 Å². The molecule has 0 saturated heterocycles. The fourth-order valence-corrected chi connectivity index (χ4v) is 3.92. The van der Waals surface area contributed by atoms with Gasteiger partial charge in [-0.15, -0.1) is 11.3 Å². The topological polar surface area (TPSA) is 84.0 Å². The SMILES string of the molecule is COc1ccc(C(=O)COC(=O)c2csc(-c3ccc(OC)c(OC)c3)n2)cc1Br. The summed E-state index contributed by atoms with van der Waals surface area (Å²) in [5.41, 5.74) is 1.31. The second-order valence-electron chi connectivity index (χ2n) is 5.96. The minimum Gasteiger partial charge on any atom is -0.496 e. The molecule has 1 aromatic heterocycles. The number of carbonyl (C=O) groups excluding carboxylic acids is 2. The maximum Gasteiger partial charge on any atom is 0.358 e. The average molecular weight is 492 g/mol. The van der Waals surface area contributed by atoms with Crippen molar-refractivity contribution in [3.8, 4) is 27.8 Å². The third kappa shape index (κ3) is 4.80. The molecule has 30 heavy (non-hydrogen) atoms. The van der Waals surface area contributed by atoms with E-state index in [1.807, 2.05) is 6.07 Å². The van der Waals surface area contributed by atoms with E-state index >= 15 is 0 Å². The summed E-state index contributed by atoms with van der Waals surface area (Å²) >= 11 is 4.61. The highest BCUT2D eigenvalue weighted by Crippen LogP contribution is 2.33. The van der Waals surface area contributed by atoms with Gasteiger partial charge in [0, 0.05) is 16.5 Å². The lowest BCUT2D eigenvalue weighted by Gasteiger charge is -2.08. The summed E-state index contributed by atoms with van der Waals surface area (Å²) in [6.07, 6.45) is 0. The number of ketones is 1. The van der Waals surface area contributed by atoms with Gasteiger partial charge < -0.3 is 18.9 Å². The second-order valence-corrected chi connectivity index (χ2v) is 7.67. The summed E-state index contributed by atoms with van der Waals surface area (Å²) < 4.78 is 21.4. The zero-order valence-electron chi connectivity index (χ0n) is 16.4. The summed E-state index contributed by atoms with van der Waals surface area (Å²) in [6.45, 7) is -0.388. The summed E-state index contributed by atoms with van der Waals surface area (Å²) in [5, 5.41) is 2.20. The quantitative estimate of drug-likeness (QED) is 0.335. The van der Waals surface area contributed by atoms with Gasteiger partial charge in [-0.05, 0) is 52.3 Å². The number of aromatic nitrogens is 1. The summed E-state index contributed by atoms with van der Waals surface area (Å²) in [7, 11) is 4.64. The van der Waals surface area contributed by atoms with E-state index in [1.54, 1.807) is 49.9 Å². The van der Waals surface area contributed by atoms with Crippen molar-refractivity contribution in [3.05, 3.63) is 57.5 Å². The summed E-state index contributed by atoms with van der Waals surface area (Å²) in [6, 6.07) is 10.2. The van der Waals surface area contributed by atoms with Gasteiger partial charge in [-0.3, -0.25) is 4.79 Å². The fraction of sp³-hybridized carbons (Fsp3) is 0.190. The normalized spacial score (nSPS) is 10.4. The van der Waals surface area contributed by atoms with E-state index in [0.29, 0.717) is 32.3 Å². The predicted molar refractivity (Wildman–Crippen MR) is 116 cm³/mol. The Kier molecular flexibility index (Phi) is 7.07. The maximum atomic E-state index is 12.3.